The van der Waals surface area contributed by atoms with Crippen LogP contribution >= 0.6 is 0 Å². The third-order valence-electron chi connectivity index (χ3n) is 5.94. The maximum absolute atomic E-state index is 13.4. The van der Waals surface area contributed by atoms with Crippen molar-refractivity contribution in [2.45, 2.75) is 37.5 Å². The van der Waals surface area contributed by atoms with Crippen LogP contribution in [0.2, 0.25) is 0 Å². The maximum Gasteiger partial charge on any atom is 0.420 e. The van der Waals surface area contributed by atoms with Crippen LogP contribution in [0.25, 0.3) is 0 Å². The average molecular weight is 524 g/mol. The lowest BCUT2D eigenvalue weighted by Crippen LogP contribution is -2.59. The summed E-state index contributed by atoms with van der Waals surface area (Å²) >= 11 is 0. The number of nitrogens with one attached hydrogen (secondary N) is 2. The number of halogens is 3. The molecule has 1 heterocycles. The highest BCUT2D eigenvalue weighted by atomic mass is 19.4. The van der Waals surface area contributed by atoms with E-state index < -0.39 is 17.3 Å². The van der Waals surface area contributed by atoms with E-state index in [2.05, 4.69) is 10.6 Å². The van der Waals surface area contributed by atoms with Gasteiger partial charge in [0.25, 0.3) is 0 Å². The molecular weight excluding hydrogens is 491 g/mol. The first-order chi connectivity index (χ1) is 17.5. The summed E-state index contributed by atoms with van der Waals surface area (Å²) in [6.45, 7) is 1.38. The summed E-state index contributed by atoms with van der Waals surface area (Å²) in [6.07, 6.45) is -3.27. The fourth-order valence-corrected chi connectivity index (χ4v) is 3.89. The van der Waals surface area contributed by atoms with Crippen LogP contribution in [0, 0.1) is 0 Å². The summed E-state index contributed by atoms with van der Waals surface area (Å²) in [7, 11) is 5.14. The molecule has 2 amide bonds. The number of methoxy groups -OCH3 is 1. The molecule has 1 fully saturated rings. The van der Waals surface area contributed by atoms with E-state index >= 15 is 0 Å². The van der Waals surface area contributed by atoms with Crippen molar-refractivity contribution >= 4 is 11.8 Å². The van der Waals surface area contributed by atoms with Crippen molar-refractivity contribution < 1.29 is 37.0 Å². The number of carbonyl (C=O) groups excluding carboxylic acids is 2. The fourth-order valence-electron chi connectivity index (χ4n) is 3.89. The molecule has 1 aliphatic heterocycles. The summed E-state index contributed by atoms with van der Waals surface area (Å²) in [5, 5.41) is 5.68. The first-order valence-electron chi connectivity index (χ1n) is 11.9. The third-order valence-corrected chi connectivity index (χ3v) is 5.94. The number of nitrogens with zero attached hydrogens (tertiary/aromatic N) is 1. The standard InChI is InChI=1S/C26H32F3N3O5/c1-32(2)13-4-5-23(33)31-25(12-14-36-17-25)24(34)30-16-18-6-8-19(9-7-18)37-22-11-10-20(35-3)15-21(22)26(27,28)29/h6-11,15H,4-5,12-14,16-17H2,1-3H3,(H,30,34)(H,31,33). The zero-order chi connectivity index (χ0) is 27.1. The first-order valence-corrected chi connectivity index (χ1v) is 11.9. The summed E-state index contributed by atoms with van der Waals surface area (Å²) in [6, 6.07) is 9.79. The number of ether oxygens (including phenoxy) is 3. The molecular formula is C26H32F3N3O5. The average Bonchev–Trinajstić information content (AvgIpc) is 3.32. The normalized spacial score (nSPS) is 17.5. The molecule has 2 N–H and O–H groups in total. The quantitative estimate of drug-likeness (QED) is 0.467. The summed E-state index contributed by atoms with van der Waals surface area (Å²) in [5.74, 6) is -0.628. The van der Waals surface area contributed by atoms with Crippen molar-refractivity contribution in [3.05, 3.63) is 53.6 Å². The molecule has 2 aromatic carbocycles. The van der Waals surface area contributed by atoms with Crippen molar-refractivity contribution in [2.75, 3.05) is 41.0 Å². The van der Waals surface area contributed by atoms with Crippen molar-refractivity contribution in [2.24, 2.45) is 0 Å². The molecule has 0 radical (unpaired) electrons. The molecule has 1 unspecified atom stereocenters. The second-order valence-electron chi connectivity index (χ2n) is 9.13. The molecule has 0 aromatic heterocycles. The highest BCUT2D eigenvalue weighted by Crippen LogP contribution is 2.40. The highest BCUT2D eigenvalue weighted by Gasteiger charge is 2.43. The van der Waals surface area contributed by atoms with Gasteiger partial charge >= 0.3 is 6.18 Å². The Labute approximate surface area is 214 Å². The Balaban J connectivity index is 1.60. The molecule has 0 saturated carbocycles. The van der Waals surface area contributed by atoms with Crippen LogP contribution in [-0.2, 0) is 27.0 Å². The van der Waals surface area contributed by atoms with Crippen molar-refractivity contribution in [3.8, 4) is 17.2 Å². The molecule has 1 saturated heterocycles. The van der Waals surface area contributed by atoms with Crippen LogP contribution in [0.4, 0.5) is 13.2 Å². The summed E-state index contributed by atoms with van der Waals surface area (Å²) < 4.78 is 56.0. The molecule has 0 spiro atoms. The second kappa shape index (κ2) is 12.3. The van der Waals surface area contributed by atoms with Gasteiger partial charge in [-0.25, -0.2) is 0 Å². The number of hydrogen-bond donors (Lipinski definition) is 2. The van der Waals surface area contributed by atoms with Crippen molar-refractivity contribution in [3.63, 3.8) is 0 Å². The van der Waals surface area contributed by atoms with Gasteiger partial charge in [-0.2, -0.15) is 13.2 Å². The molecule has 3 rings (SSSR count). The van der Waals surface area contributed by atoms with Crippen molar-refractivity contribution in [1.29, 1.82) is 0 Å². The lowest BCUT2D eigenvalue weighted by Gasteiger charge is -2.27. The lowest BCUT2D eigenvalue weighted by molar-refractivity contribution is -0.138. The highest BCUT2D eigenvalue weighted by molar-refractivity contribution is 5.92. The Kier molecular flexibility index (Phi) is 9.39. The van der Waals surface area contributed by atoms with Gasteiger partial charge in [0.2, 0.25) is 11.8 Å². The molecule has 11 heteroatoms. The van der Waals surface area contributed by atoms with E-state index in [9.17, 15) is 22.8 Å². The van der Waals surface area contributed by atoms with Crippen LogP contribution in [0.3, 0.4) is 0 Å². The zero-order valence-electron chi connectivity index (χ0n) is 21.1. The maximum atomic E-state index is 13.4. The number of alkyl halides is 3. The first kappa shape index (κ1) is 28.3. The van der Waals surface area contributed by atoms with Gasteiger partial charge in [0.15, 0.2) is 0 Å². The van der Waals surface area contributed by atoms with E-state index in [1.165, 1.54) is 31.4 Å². The smallest absolute Gasteiger partial charge is 0.420 e. The Bertz CT molecular complexity index is 1070. The Morgan fingerprint density at radius 2 is 1.81 bits per heavy atom. The van der Waals surface area contributed by atoms with Crippen LogP contribution in [-0.4, -0.2) is 63.2 Å². The fraction of sp³-hybridized carbons (Fsp3) is 0.462. The van der Waals surface area contributed by atoms with Gasteiger partial charge < -0.3 is 29.7 Å². The molecule has 2 aromatic rings. The van der Waals surface area contributed by atoms with Crippen LogP contribution in [0.15, 0.2) is 42.5 Å². The Morgan fingerprint density at radius 1 is 1.11 bits per heavy atom. The number of benzene rings is 2. The Hall–Kier alpha value is -3.31. The molecule has 37 heavy (non-hydrogen) atoms. The topological polar surface area (TPSA) is 89.1 Å². The molecule has 8 nitrogen and oxygen atoms in total. The van der Waals surface area contributed by atoms with E-state index in [1.807, 2.05) is 19.0 Å². The van der Waals surface area contributed by atoms with Gasteiger partial charge in [-0.1, -0.05) is 12.1 Å². The van der Waals surface area contributed by atoms with Gasteiger partial charge in [0.1, 0.15) is 28.4 Å². The van der Waals surface area contributed by atoms with Crippen LogP contribution in [0.1, 0.15) is 30.4 Å². The van der Waals surface area contributed by atoms with Gasteiger partial charge in [-0.05, 0) is 63.0 Å². The Morgan fingerprint density at radius 3 is 2.41 bits per heavy atom. The SMILES string of the molecule is COc1ccc(Oc2ccc(CNC(=O)C3(NC(=O)CCCN(C)C)CCOC3)cc2)c(C(F)(F)F)c1. The molecule has 0 bridgehead atoms. The third kappa shape index (κ3) is 7.83. The number of amides is 2. The zero-order valence-corrected chi connectivity index (χ0v) is 21.1. The van der Waals surface area contributed by atoms with Gasteiger partial charge in [0, 0.05) is 26.0 Å². The monoisotopic (exact) mass is 523 g/mol. The number of carbonyl (C=O) groups is 2. The molecule has 202 valence electrons. The minimum absolute atomic E-state index is 0.0703. The van der Waals surface area contributed by atoms with Crippen LogP contribution in [0.5, 0.6) is 17.2 Å². The lowest BCUT2D eigenvalue weighted by atomic mass is 9.96. The minimum Gasteiger partial charge on any atom is -0.497 e. The summed E-state index contributed by atoms with van der Waals surface area (Å²) in [5.41, 5.74) is -1.37. The summed E-state index contributed by atoms with van der Waals surface area (Å²) in [4.78, 5) is 27.4. The minimum atomic E-state index is -4.62. The van der Waals surface area contributed by atoms with Gasteiger partial charge in [-0.3, -0.25) is 9.59 Å². The van der Waals surface area contributed by atoms with Gasteiger partial charge in [0.05, 0.1) is 13.7 Å². The van der Waals surface area contributed by atoms with E-state index in [-0.39, 0.29) is 42.2 Å². The van der Waals surface area contributed by atoms with Crippen molar-refractivity contribution in [1.82, 2.24) is 15.5 Å². The van der Waals surface area contributed by atoms with Crippen LogP contribution < -0.4 is 20.1 Å². The van der Waals surface area contributed by atoms with Gasteiger partial charge in [-0.15, -0.1) is 0 Å². The van der Waals surface area contributed by atoms with E-state index in [0.29, 0.717) is 31.4 Å². The number of hydrogen-bond acceptors (Lipinski definition) is 6. The molecule has 0 aliphatic carbocycles. The largest absolute Gasteiger partial charge is 0.497 e. The number of rotatable bonds is 11. The molecule has 1 aliphatic rings. The van der Waals surface area contributed by atoms with E-state index in [1.54, 1.807) is 12.1 Å². The predicted octanol–water partition coefficient (Wildman–Crippen LogP) is 3.74. The van der Waals surface area contributed by atoms with E-state index in [0.717, 1.165) is 12.6 Å². The molecule has 1 atom stereocenters. The predicted molar refractivity (Wildman–Crippen MR) is 130 cm³/mol. The second-order valence-corrected chi connectivity index (χ2v) is 9.13. The van der Waals surface area contributed by atoms with E-state index in [4.69, 9.17) is 14.2 Å².